The monoisotopic (exact) mass is 253 g/mol. The van der Waals surface area contributed by atoms with E-state index in [1.54, 1.807) is 0 Å². The van der Waals surface area contributed by atoms with E-state index in [0.29, 0.717) is 0 Å². The van der Waals surface area contributed by atoms with Crippen LogP contribution in [0.15, 0.2) is 42.5 Å². The molecule has 1 aliphatic rings. The molecule has 1 N–H and O–H groups in total. The fourth-order valence-electron chi connectivity index (χ4n) is 2.71. The van der Waals surface area contributed by atoms with E-state index in [1.807, 2.05) is 12.1 Å². The number of nitrogens with one attached hydrogen (secondary N) is 1. The molecule has 1 fully saturated rings. The van der Waals surface area contributed by atoms with E-state index in [1.165, 1.54) is 22.8 Å². The quantitative estimate of drug-likeness (QED) is 0.885. The largest absolute Gasteiger partial charge is 0.349 e. The fourth-order valence-corrected chi connectivity index (χ4v) is 2.71. The standard InChI is InChI=1S/C17H19NO/c1-12(18-17(19)14-8-4-9-14)15-11-5-7-13-6-2-3-10-16(13)15/h2-3,5-7,10-12,14H,4,8-9H2,1H3,(H,18,19). The Morgan fingerprint density at radius 2 is 1.89 bits per heavy atom. The Balaban J connectivity index is 1.84. The zero-order chi connectivity index (χ0) is 13.2. The summed E-state index contributed by atoms with van der Waals surface area (Å²) in [5.41, 5.74) is 1.20. The van der Waals surface area contributed by atoms with Crippen LogP contribution in [0.3, 0.4) is 0 Å². The van der Waals surface area contributed by atoms with E-state index in [2.05, 4.69) is 42.6 Å². The van der Waals surface area contributed by atoms with Crippen LogP contribution >= 0.6 is 0 Å². The highest BCUT2D eigenvalue weighted by Crippen LogP contribution is 2.28. The third kappa shape index (κ3) is 2.35. The van der Waals surface area contributed by atoms with E-state index in [4.69, 9.17) is 0 Å². The molecule has 2 heteroatoms. The summed E-state index contributed by atoms with van der Waals surface area (Å²) in [7, 11) is 0. The van der Waals surface area contributed by atoms with Crippen molar-refractivity contribution in [1.82, 2.24) is 5.32 Å². The van der Waals surface area contributed by atoms with Crippen LogP contribution in [-0.4, -0.2) is 5.91 Å². The van der Waals surface area contributed by atoms with Gasteiger partial charge in [-0.1, -0.05) is 48.9 Å². The van der Waals surface area contributed by atoms with Gasteiger partial charge in [0.25, 0.3) is 0 Å². The first-order chi connectivity index (χ1) is 9.25. The first-order valence-corrected chi connectivity index (χ1v) is 7.04. The highest BCUT2D eigenvalue weighted by Gasteiger charge is 2.26. The van der Waals surface area contributed by atoms with Gasteiger partial charge in [0, 0.05) is 5.92 Å². The van der Waals surface area contributed by atoms with Crippen molar-refractivity contribution in [2.45, 2.75) is 32.2 Å². The van der Waals surface area contributed by atoms with Crippen molar-refractivity contribution < 1.29 is 4.79 Å². The van der Waals surface area contributed by atoms with Crippen LogP contribution in [0.2, 0.25) is 0 Å². The summed E-state index contributed by atoms with van der Waals surface area (Å²) >= 11 is 0. The normalized spacial score (nSPS) is 16.9. The van der Waals surface area contributed by atoms with Crippen LogP contribution in [0.25, 0.3) is 10.8 Å². The maximum absolute atomic E-state index is 12.0. The summed E-state index contributed by atoms with van der Waals surface area (Å²) in [5.74, 6) is 0.462. The summed E-state index contributed by atoms with van der Waals surface area (Å²) in [6.07, 6.45) is 3.29. The van der Waals surface area contributed by atoms with Crippen molar-refractivity contribution in [1.29, 1.82) is 0 Å². The maximum atomic E-state index is 12.0. The molecule has 0 saturated heterocycles. The van der Waals surface area contributed by atoms with Crippen LogP contribution < -0.4 is 5.32 Å². The number of carbonyl (C=O) groups is 1. The Labute approximate surface area is 113 Å². The van der Waals surface area contributed by atoms with Crippen molar-refractivity contribution in [3.8, 4) is 0 Å². The van der Waals surface area contributed by atoms with Crippen LogP contribution in [0, 0.1) is 5.92 Å². The smallest absolute Gasteiger partial charge is 0.223 e. The van der Waals surface area contributed by atoms with Crippen LogP contribution in [0.5, 0.6) is 0 Å². The lowest BCUT2D eigenvalue weighted by Crippen LogP contribution is -2.36. The van der Waals surface area contributed by atoms with Gasteiger partial charge in [-0.05, 0) is 36.1 Å². The predicted molar refractivity (Wildman–Crippen MR) is 77.8 cm³/mol. The van der Waals surface area contributed by atoms with Gasteiger partial charge in [-0.15, -0.1) is 0 Å². The molecule has 0 radical (unpaired) electrons. The molecule has 98 valence electrons. The lowest BCUT2D eigenvalue weighted by molar-refractivity contribution is -0.128. The number of hydrogen-bond acceptors (Lipinski definition) is 1. The Kier molecular flexibility index (Phi) is 3.24. The molecule has 0 aromatic heterocycles. The topological polar surface area (TPSA) is 29.1 Å². The number of amides is 1. The number of benzene rings is 2. The van der Waals surface area contributed by atoms with E-state index in [9.17, 15) is 4.79 Å². The minimum Gasteiger partial charge on any atom is -0.349 e. The third-order valence-electron chi connectivity index (χ3n) is 4.12. The molecular formula is C17H19NO. The predicted octanol–water partition coefficient (Wildman–Crippen LogP) is 3.82. The summed E-state index contributed by atoms with van der Waals surface area (Å²) in [4.78, 5) is 12.0. The fraction of sp³-hybridized carbons (Fsp3) is 0.353. The zero-order valence-electron chi connectivity index (χ0n) is 11.2. The summed E-state index contributed by atoms with van der Waals surface area (Å²) in [6, 6.07) is 14.7. The molecule has 0 spiro atoms. The molecule has 1 unspecified atom stereocenters. The first-order valence-electron chi connectivity index (χ1n) is 7.04. The Morgan fingerprint density at radius 1 is 1.16 bits per heavy atom. The van der Waals surface area contributed by atoms with E-state index >= 15 is 0 Å². The summed E-state index contributed by atoms with van der Waals surface area (Å²) < 4.78 is 0. The van der Waals surface area contributed by atoms with Gasteiger partial charge in [-0.2, -0.15) is 0 Å². The van der Waals surface area contributed by atoms with Crippen LogP contribution in [0.1, 0.15) is 37.8 Å². The number of rotatable bonds is 3. The van der Waals surface area contributed by atoms with Gasteiger partial charge in [0.1, 0.15) is 0 Å². The lowest BCUT2D eigenvalue weighted by Gasteiger charge is -2.26. The summed E-state index contributed by atoms with van der Waals surface area (Å²) in [5, 5.41) is 5.61. The molecule has 1 aliphatic carbocycles. The maximum Gasteiger partial charge on any atom is 0.223 e. The highest BCUT2D eigenvalue weighted by atomic mass is 16.1. The summed E-state index contributed by atoms with van der Waals surface area (Å²) in [6.45, 7) is 2.07. The van der Waals surface area contributed by atoms with E-state index < -0.39 is 0 Å². The highest BCUT2D eigenvalue weighted by molar-refractivity contribution is 5.87. The minimum absolute atomic E-state index is 0.0687. The molecule has 2 nitrogen and oxygen atoms in total. The van der Waals surface area contributed by atoms with Crippen LogP contribution in [-0.2, 0) is 4.79 Å². The lowest BCUT2D eigenvalue weighted by atomic mass is 9.84. The molecular weight excluding hydrogens is 234 g/mol. The SMILES string of the molecule is CC(NC(=O)C1CCC1)c1cccc2ccccc12. The average Bonchev–Trinajstić information content (AvgIpc) is 2.35. The molecule has 0 bridgehead atoms. The van der Waals surface area contributed by atoms with Crippen molar-refractivity contribution >= 4 is 16.7 Å². The Morgan fingerprint density at radius 3 is 2.63 bits per heavy atom. The molecule has 2 aromatic carbocycles. The van der Waals surface area contributed by atoms with Gasteiger partial charge < -0.3 is 5.32 Å². The van der Waals surface area contributed by atoms with Gasteiger partial charge in [-0.3, -0.25) is 4.79 Å². The van der Waals surface area contributed by atoms with Gasteiger partial charge in [0.2, 0.25) is 5.91 Å². The van der Waals surface area contributed by atoms with Crippen molar-refractivity contribution in [2.24, 2.45) is 5.92 Å². The first kappa shape index (κ1) is 12.2. The molecule has 2 aromatic rings. The average molecular weight is 253 g/mol. The van der Waals surface area contributed by atoms with Gasteiger partial charge >= 0.3 is 0 Å². The second-order valence-corrected chi connectivity index (χ2v) is 5.43. The van der Waals surface area contributed by atoms with Crippen LogP contribution in [0.4, 0.5) is 0 Å². The third-order valence-corrected chi connectivity index (χ3v) is 4.12. The number of hydrogen-bond donors (Lipinski definition) is 1. The van der Waals surface area contributed by atoms with Crippen molar-refractivity contribution in [3.63, 3.8) is 0 Å². The second kappa shape index (κ2) is 5.04. The van der Waals surface area contributed by atoms with E-state index in [0.717, 1.165) is 12.8 Å². The molecule has 1 amide bonds. The Bertz CT molecular complexity index is 596. The minimum atomic E-state index is 0.0687. The second-order valence-electron chi connectivity index (χ2n) is 5.43. The Hall–Kier alpha value is -1.83. The van der Waals surface area contributed by atoms with Gasteiger partial charge in [0.15, 0.2) is 0 Å². The van der Waals surface area contributed by atoms with Crippen molar-refractivity contribution in [2.75, 3.05) is 0 Å². The number of carbonyl (C=O) groups excluding carboxylic acids is 1. The molecule has 0 heterocycles. The van der Waals surface area contributed by atoms with E-state index in [-0.39, 0.29) is 17.9 Å². The molecule has 19 heavy (non-hydrogen) atoms. The zero-order valence-corrected chi connectivity index (χ0v) is 11.2. The molecule has 0 aliphatic heterocycles. The number of fused-ring (bicyclic) bond motifs is 1. The van der Waals surface area contributed by atoms with Gasteiger partial charge in [0.05, 0.1) is 6.04 Å². The van der Waals surface area contributed by atoms with Gasteiger partial charge in [-0.25, -0.2) is 0 Å². The van der Waals surface area contributed by atoms with Crippen molar-refractivity contribution in [3.05, 3.63) is 48.0 Å². The molecule has 1 atom stereocenters. The molecule has 3 rings (SSSR count). The molecule has 1 saturated carbocycles.